The lowest BCUT2D eigenvalue weighted by molar-refractivity contribution is 0.288. The van der Waals surface area contributed by atoms with E-state index < -0.39 is 0 Å². The molecule has 0 spiro atoms. The zero-order chi connectivity index (χ0) is 18.1. The first-order valence-electron chi connectivity index (χ1n) is 8.97. The molecule has 1 fully saturated rings. The number of methoxy groups -OCH3 is 2. The van der Waals surface area contributed by atoms with Gasteiger partial charge in [0.25, 0.3) is 0 Å². The number of hydrogen-bond donors (Lipinski definition) is 2. The molecular weight excluding hydrogens is 314 g/mol. The molecule has 138 valence electrons. The second kappa shape index (κ2) is 9.35. The number of hydrogen-bond acceptors (Lipinski definition) is 3. The molecule has 1 aromatic carbocycles. The normalized spacial score (nSPS) is 16.8. The molecule has 1 aliphatic carbocycles. The topological polar surface area (TPSA) is 54.9 Å². The van der Waals surface area contributed by atoms with Crippen LogP contribution in [0.1, 0.15) is 37.7 Å². The van der Waals surface area contributed by atoms with Crippen molar-refractivity contribution < 1.29 is 9.47 Å². The van der Waals surface area contributed by atoms with E-state index in [4.69, 9.17) is 9.47 Å². The highest BCUT2D eigenvalue weighted by atomic mass is 16.5. The standard InChI is InChI=1S/C20H31N3O2/c1-5-13-22-19(21-2)23-15-20(11-7-6-8-12-20)16-9-10-17(24-3)18(14-16)25-4/h5,9-10,14H,1,6-8,11-13,15H2,2-4H3,(H2,21,22,23). The fourth-order valence-electron chi connectivity index (χ4n) is 3.60. The molecule has 0 atom stereocenters. The van der Waals surface area contributed by atoms with Crippen LogP contribution in [0.4, 0.5) is 0 Å². The third-order valence-corrected chi connectivity index (χ3v) is 5.04. The van der Waals surface area contributed by atoms with E-state index in [0.717, 1.165) is 36.8 Å². The number of guanidine groups is 1. The lowest BCUT2D eigenvalue weighted by Crippen LogP contribution is -2.46. The SMILES string of the molecule is C=CCNC(=NC)NCC1(c2ccc(OC)c(OC)c2)CCCCC1. The van der Waals surface area contributed by atoms with E-state index in [9.17, 15) is 0 Å². The van der Waals surface area contributed by atoms with Crippen molar-refractivity contribution in [3.05, 3.63) is 36.4 Å². The van der Waals surface area contributed by atoms with Gasteiger partial charge in [0.1, 0.15) is 0 Å². The van der Waals surface area contributed by atoms with Gasteiger partial charge in [-0.1, -0.05) is 31.4 Å². The fraction of sp³-hybridized carbons (Fsp3) is 0.550. The molecule has 0 amide bonds. The highest BCUT2D eigenvalue weighted by Gasteiger charge is 2.34. The summed E-state index contributed by atoms with van der Waals surface area (Å²) in [5, 5.41) is 6.74. The van der Waals surface area contributed by atoms with Crippen LogP contribution < -0.4 is 20.1 Å². The minimum absolute atomic E-state index is 0.0869. The smallest absolute Gasteiger partial charge is 0.191 e. The van der Waals surface area contributed by atoms with Gasteiger partial charge in [-0.3, -0.25) is 4.99 Å². The van der Waals surface area contributed by atoms with E-state index in [0.29, 0.717) is 6.54 Å². The fourth-order valence-corrected chi connectivity index (χ4v) is 3.60. The first-order chi connectivity index (χ1) is 12.2. The second-order valence-electron chi connectivity index (χ2n) is 6.51. The van der Waals surface area contributed by atoms with Crippen molar-refractivity contribution in [3.63, 3.8) is 0 Å². The summed E-state index contributed by atoms with van der Waals surface area (Å²) >= 11 is 0. The molecule has 0 aromatic heterocycles. The molecular formula is C20H31N3O2. The van der Waals surface area contributed by atoms with Crippen molar-refractivity contribution in [3.8, 4) is 11.5 Å². The molecule has 1 saturated carbocycles. The van der Waals surface area contributed by atoms with Crippen molar-refractivity contribution in [2.75, 3.05) is 34.4 Å². The third kappa shape index (κ3) is 4.68. The van der Waals surface area contributed by atoms with E-state index in [2.05, 4.69) is 34.3 Å². The molecule has 1 aliphatic rings. The Bertz CT molecular complexity index is 593. The van der Waals surface area contributed by atoms with Gasteiger partial charge in [0.2, 0.25) is 0 Å². The van der Waals surface area contributed by atoms with E-state index in [1.807, 2.05) is 12.1 Å². The van der Waals surface area contributed by atoms with Crippen LogP contribution in [-0.4, -0.2) is 40.3 Å². The highest BCUT2D eigenvalue weighted by molar-refractivity contribution is 5.79. The first-order valence-corrected chi connectivity index (χ1v) is 8.97. The van der Waals surface area contributed by atoms with Gasteiger partial charge in [-0.15, -0.1) is 6.58 Å². The summed E-state index contributed by atoms with van der Waals surface area (Å²) in [6.07, 6.45) is 7.95. The van der Waals surface area contributed by atoms with Crippen molar-refractivity contribution in [2.24, 2.45) is 4.99 Å². The van der Waals surface area contributed by atoms with Crippen molar-refractivity contribution in [2.45, 2.75) is 37.5 Å². The van der Waals surface area contributed by atoms with Gasteiger partial charge < -0.3 is 20.1 Å². The van der Waals surface area contributed by atoms with Crippen LogP contribution in [0, 0.1) is 0 Å². The Balaban J connectivity index is 2.24. The Morgan fingerprint density at radius 2 is 1.88 bits per heavy atom. The summed E-state index contributed by atoms with van der Waals surface area (Å²) < 4.78 is 10.9. The maximum absolute atomic E-state index is 5.52. The minimum atomic E-state index is 0.0869. The molecule has 1 aromatic rings. The minimum Gasteiger partial charge on any atom is -0.493 e. The van der Waals surface area contributed by atoms with Crippen LogP contribution in [0.2, 0.25) is 0 Å². The molecule has 2 rings (SSSR count). The predicted molar refractivity (Wildman–Crippen MR) is 104 cm³/mol. The van der Waals surface area contributed by atoms with Gasteiger partial charge in [0.05, 0.1) is 14.2 Å². The van der Waals surface area contributed by atoms with Gasteiger partial charge in [-0.2, -0.15) is 0 Å². The van der Waals surface area contributed by atoms with Crippen molar-refractivity contribution >= 4 is 5.96 Å². The van der Waals surface area contributed by atoms with E-state index in [-0.39, 0.29) is 5.41 Å². The Labute approximate surface area is 151 Å². The van der Waals surface area contributed by atoms with Crippen LogP contribution in [0.3, 0.4) is 0 Å². The average molecular weight is 345 g/mol. The summed E-state index contributed by atoms with van der Waals surface area (Å²) in [6.45, 7) is 5.29. The van der Waals surface area contributed by atoms with Gasteiger partial charge in [0, 0.05) is 25.6 Å². The predicted octanol–water partition coefficient (Wildman–Crippen LogP) is 3.26. The lowest BCUT2D eigenvalue weighted by atomic mass is 9.69. The zero-order valence-corrected chi connectivity index (χ0v) is 15.7. The van der Waals surface area contributed by atoms with Crippen LogP contribution in [0.5, 0.6) is 11.5 Å². The van der Waals surface area contributed by atoms with E-state index >= 15 is 0 Å². The van der Waals surface area contributed by atoms with Crippen LogP contribution in [0.15, 0.2) is 35.8 Å². The number of rotatable bonds is 7. The van der Waals surface area contributed by atoms with E-state index in [1.54, 1.807) is 21.3 Å². The molecule has 0 radical (unpaired) electrons. The van der Waals surface area contributed by atoms with Crippen LogP contribution in [-0.2, 0) is 5.41 Å². The van der Waals surface area contributed by atoms with Gasteiger partial charge >= 0.3 is 0 Å². The first kappa shape index (κ1) is 19.2. The molecule has 0 saturated heterocycles. The Morgan fingerprint density at radius 1 is 1.16 bits per heavy atom. The largest absolute Gasteiger partial charge is 0.493 e. The van der Waals surface area contributed by atoms with Crippen molar-refractivity contribution in [1.82, 2.24) is 10.6 Å². The molecule has 0 bridgehead atoms. The summed E-state index contributed by atoms with van der Waals surface area (Å²) in [7, 11) is 5.15. The quantitative estimate of drug-likeness (QED) is 0.452. The Kier molecular flexibility index (Phi) is 7.16. The summed E-state index contributed by atoms with van der Waals surface area (Å²) in [5.41, 5.74) is 1.39. The Hall–Kier alpha value is -2.17. The molecule has 5 nitrogen and oxygen atoms in total. The third-order valence-electron chi connectivity index (χ3n) is 5.04. The Morgan fingerprint density at radius 3 is 2.48 bits per heavy atom. The van der Waals surface area contributed by atoms with E-state index in [1.165, 1.54) is 24.8 Å². The molecule has 0 aliphatic heterocycles. The number of benzene rings is 1. The summed E-state index contributed by atoms with van der Waals surface area (Å²) in [4.78, 5) is 4.30. The molecule has 0 heterocycles. The number of aliphatic imine (C=N–C) groups is 1. The highest BCUT2D eigenvalue weighted by Crippen LogP contribution is 2.42. The zero-order valence-electron chi connectivity index (χ0n) is 15.7. The number of nitrogens with zero attached hydrogens (tertiary/aromatic N) is 1. The summed E-state index contributed by atoms with van der Waals surface area (Å²) in [5.74, 6) is 2.37. The summed E-state index contributed by atoms with van der Waals surface area (Å²) in [6, 6.07) is 6.31. The maximum Gasteiger partial charge on any atom is 0.191 e. The molecule has 2 N–H and O–H groups in total. The van der Waals surface area contributed by atoms with Crippen molar-refractivity contribution in [1.29, 1.82) is 0 Å². The molecule has 5 heteroatoms. The second-order valence-corrected chi connectivity index (χ2v) is 6.51. The van der Waals surface area contributed by atoms with Crippen LogP contribution in [0.25, 0.3) is 0 Å². The van der Waals surface area contributed by atoms with Crippen LogP contribution >= 0.6 is 0 Å². The molecule has 0 unspecified atom stereocenters. The molecule has 25 heavy (non-hydrogen) atoms. The monoisotopic (exact) mass is 345 g/mol. The number of nitrogens with one attached hydrogen (secondary N) is 2. The van der Waals surface area contributed by atoms with Gasteiger partial charge in [-0.25, -0.2) is 0 Å². The van der Waals surface area contributed by atoms with Gasteiger partial charge in [0.15, 0.2) is 17.5 Å². The number of ether oxygens (including phenoxy) is 2. The van der Waals surface area contributed by atoms with Gasteiger partial charge in [-0.05, 0) is 30.5 Å². The lowest BCUT2D eigenvalue weighted by Gasteiger charge is -2.38. The maximum atomic E-state index is 5.52. The average Bonchev–Trinajstić information content (AvgIpc) is 2.68.